The van der Waals surface area contributed by atoms with Gasteiger partial charge in [0.15, 0.2) is 0 Å². The van der Waals surface area contributed by atoms with Crippen molar-refractivity contribution >= 4 is 12.6 Å². The van der Waals surface area contributed by atoms with Crippen LogP contribution in [0.2, 0.25) is 0 Å². The number of thiol groups is 1. The molecule has 0 aromatic heterocycles. The zero-order chi connectivity index (χ0) is 11.3. The minimum Gasteiger partial charge on any atom is -0.303 e. The summed E-state index contributed by atoms with van der Waals surface area (Å²) >= 11 is 4.43. The average Bonchev–Trinajstić information content (AvgIpc) is 2.26. The normalized spacial score (nSPS) is 29.4. The monoisotopic (exact) mass is 229 g/mol. The van der Waals surface area contributed by atoms with Gasteiger partial charge in [0.25, 0.3) is 0 Å². The molecular weight excluding hydrogens is 202 g/mol. The lowest BCUT2D eigenvalue weighted by Gasteiger charge is -2.37. The third-order valence-corrected chi connectivity index (χ3v) is 4.53. The lowest BCUT2D eigenvalue weighted by atomic mass is 9.85. The van der Waals surface area contributed by atoms with Crippen molar-refractivity contribution in [3.8, 4) is 0 Å². The maximum atomic E-state index is 4.43. The molecule has 0 aliphatic heterocycles. The van der Waals surface area contributed by atoms with Crippen LogP contribution in [0.25, 0.3) is 0 Å². The first kappa shape index (κ1) is 13.4. The molecule has 0 bridgehead atoms. The Bertz CT molecular complexity index is 168. The number of rotatable bonds is 5. The Morgan fingerprint density at radius 1 is 1.33 bits per heavy atom. The molecule has 0 N–H and O–H groups in total. The van der Waals surface area contributed by atoms with E-state index in [2.05, 4.69) is 38.4 Å². The molecule has 1 nitrogen and oxygen atoms in total. The van der Waals surface area contributed by atoms with Gasteiger partial charge in [0.05, 0.1) is 0 Å². The maximum absolute atomic E-state index is 4.43. The zero-order valence-corrected chi connectivity index (χ0v) is 11.5. The summed E-state index contributed by atoms with van der Waals surface area (Å²) in [7, 11) is 2.30. The van der Waals surface area contributed by atoms with Crippen molar-refractivity contribution < 1.29 is 0 Å². The van der Waals surface area contributed by atoms with Crippen LogP contribution in [-0.2, 0) is 0 Å². The highest BCUT2D eigenvalue weighted by Gasteiger charge is 2.25. The standard InChI is InChI=1S/C13H27NS/c1-4-12(10-15)9-14(3)13-8-6-5-7-11(13)2/h11-13,15H,4-10H2,1-3H3. The van der Waals surface area contributed by atoms with Crippen LogP contribution in [0.15, 0.2) is 0 Å². The van der Waals surface area contributed by atoms with Gasteiger partial charge in [-0.2, -0.15) is 12.6 Å². The summed E-state index contributed by atoms with van der Waals surface area (Å²) in [5.41, 5.74) is 0. The first-order valence-corrected chi connectivity index (χ1v) is 7.13. The largest absolute Gasteiger partial charge is 0.303 e. The molecule has 0 radical (unpaired) electrons. The van der Waals surface area contributed by atoms with Gasteiger partial charge in [0.2, 0.25) is 0 Å². The molecule has 3 atom stereocenters. The minimum absolute atomic E-state index is 0.771. The molecule has 90 valence electrons. The third-order valence-electron chi connectivity index (χ3n) is 4.01. The van der Waals surface area contributed by atoms with Crippen LogP contribution < -0.4 is 0 Å². The van der Waals surface area contributed by atoms with Crippen LogP contribution >= 0.6 is 12.6 Å². The molecule has 1 rings (SSSR count). The van der Waals surface area contributed by atoms with E-state index in [1.807, 2.05) is 0 Å². The summed E-state index contributed by atoms with van der Waals surface area (Å²) in [6.07, 6.45) is 6.95. The topological polar surface area (TPSA) is 3.24 Å². The van der Waals surface area contributed by atoms with E-state index in [0.717, 1.165) is 23.6 Å². The molecule has 0 spiro atoms. The lowest BCUT2D eigenvalue weighted by molar-refractivity contribution is 0.124. The van der Waals surface area contributed by atoms with Gasteiger partial charge in [-0.1, -0.05) is 33.1 Å². The van der Waals surface area contributed by atoms with Crippen molar-refractivity contribution in [1.82, 2.24) is 4.90 Å². The molecule has 1 saturated carbocycles. The highest BCUT2D eigenvalue weighted by atomic mass is 32.1. The van der Waals surface area contributed by atoms with Crippen LogP contribution in [-0.4, -0.2) is 30.3 Å². The van der Waals surface area contributed by atoms with Gasteiger partial charge in [-0.3, -0.25) is 0 Å². The van der Waals surface area contributed by atoms with E-state index in [-0.39, 0.29) is 0 Å². The Labute approximate surface area is 101 Å². The van der Waals surface area contributed by atoms with E-state index in [1.54, 1.807) is 0 Å². The van der Waals surface area contributed by atoms with Crippen LogP contribution in [0.1, 0.15) is 46.0 Å². The molecule has 1 fully saturated rings. The Hall–Kier alpha value is 0.310. The first-order valence-electron chi connectivity index (χ1n) is 6.50. The van der Waals surface area contributed by atoms with Gasteiger partial charge in [-0.15, -0.1) is 0 Å². The predicted molar refractivity (Wildman–Crippen MR) is 71.7 cm³/mol. The van der Waals surface area contributed by atoms with Crippen molar-refractivity contribution in [2.45, 2.75) is 52.0 Å². The summed E-state index contributed by atoms with van der Waals surface area (Å²) < 4.78 is 0. The van der Waals surface area contributed by atoms with Crippen molar-refractivity contribution in [2.75, 3.05) is 19.3 Å². The van der Waals surface area contributed by atoms with Crippen LogP contribution in [0.4, 0.5) is 0 Å². The molecule has 0 amide bonds. The van der Waals surface area contributed by atoms with Crippen LogP contribution in [0.5, 0.6) is 0 Å². The molecule has 0 heterocycles. The lowest BCUT2D eigenvalue weighted by Crippen LogP contribution is -2.41. The Kier molecular flexibility index (Phi) is 6.06. The highest BCUT2D eigenvalue weighted by molar-refractivity contribution is 7.80. The van der Waals surface area contributed by atoms with Gasteiger partial charge >= 0.3 is 0 Å². The summed E-state index contributed by atoms with van der Waals surface area (Å²) in [5, 5.41) is 0. The quantitative estimate of drug-likeness (QED) is 0.707. The predicted octanol–water partition coefficient (Wildman–Crippen LogP) is 3.45. The zero-order valence-electron chi connectivity index (χ0n) is 10.6. The van der Waals surface area contributed by atoms with E-state index in [4.69, 9.17) is 0 Å². The molecule has 0 saturated heterocycles. The fraction of sp³-hybridized carbons (Fsp3) is 1.00. The Morgan fingerprint density at radius 3 is 2.53 bits per heavy atom. The molecule has 2 heteroatoms. The molecule has 0 aromatic rings. The van der Waals surface area contributed by atoms with E-state index >= 15 is 0 Å². The second-order valence-corrected chi connectivity index (χ2v) is 5.59. The molecule has 15 heavy (non-hydrogen) atoms. The summed E-state index contributed by atoms with van der Waals surface area (Å²) in [5.74, 6) is 2.69. The second-order valence-electron chi connectivity index (χ2n) is 5.23. The fourth-order valence-corrected chi connectivity index (χ4v) is 3.18. The summed E-state index contributed by atoms with van der Waals surface area (Å²) in [4.78, 5) is 2.59. The van der Waals surface area contributed by atoms with Gasteiger partial charge < -0.3 is 4.90 Å². The Morgan fingerprint density at radius 2 is 2.00 bits per heavy atom. The van der Waals surface area contributed by atoms with Crippen molar-refractivity contribution in [1.29, 1.82) is 0 Å². The maximum Gasteiger partial charge on any atom is 0.0118 e. The molecule has 0 aromatic carbocycles. The number of nitrogens with zero attached hydrogens (tertiary/aromatic N) is 1. The average molecular weight is 229 g/mol. The second kappa shape index (κ2) is 6.80. The number of hydrogen-bond donors (Lipinski definition) is 1. The highest BCUT2D eigenvalue weighted by Crippen LogP contribution is 2.28. The minimum atomic E-state index is 0.771. The van der Waals surface area contributed by atoms with Gasteiger partial charge in [0.1, 0.15) is 0 Å². The van der Waals surface area contributed by atoms with E-state index in [9.17, 15) is 0 Å². The third kappa shape index (κ3) is 3.99. The SMILES string of the molecule is CCC(CS)CN(C)C1CCCCC1C. The Balaban J connectivity index is 2.40. The van der Waals surface area contributed by atoms with E-state index < -0.39 is 0 Å². The molecule has 1 aliphatic rings. The van der Waals surface area contributed by atoms with E-state index in [1.165, 1.54) is 38.6 Å². The fourth-order valence-electron chi connectivity index (χ4n) is 2.81. The van der Waals surface area contributed by atoms with Gasteiger partial charge in [-0.25, -0.2) is 0 Å². The summed E-state index contributed by atoms with van der Waals surface area (Å²) in [6.45, 7) is 5.93. The van der Waals surface area contributed by atoms with Crippen molar-refractivity contribution in [3.05, 3.63) is 0 Å². The van der Waals surface area contributed by atoms with Gasteiger partial charge in [0, 0.05) is 12.6 Å². The number of hydrogen-bond acceptors (Lipinski definition) is 2. The van der Waals surface area contributed by atoms with Crippen LogP contribution in [0, 0.1) is 11.8 Å². The molecule has 3 unspecified atom stereocenters. The van der Waals surface area contributed by atoms with Crippen molar-refractivity contribution in [2.24, 2.45) is 11.8 Å². The van der Waals surface area contributed by atoms with Gasteiger partial charge in [-0.05, 0) is 37.5 Å². The molecule has 1 aliphatic carbocycles. The first-order chi connectivity index (χ1) is 7.19. The summed E-state index contributed by atoms with van der Waals surface area (Å²) in [6, 6.07) is 0.827. The molecular formula is C13H27NS. The van der Waals surface area contributed by atoms with Crippen molar-refractivity contribution in [3.63, 3.8) is 0 Å². The van der Waals surface area contributed by atoms with Crippen LogP contribution in [0.3, 0.4) is 0 Å². The smallest absolute Gasteiger partial charge is 0.0118 e. The van der Waals surface area contributed by atoms with E-state index in [0.29, 0.717) is 0 Å².